The zero-order valence-electron chi connectivity index (χ0n) is 26.5. The van der Waals surface area contributed by atoms with Crippen LogP contribution >= 0.6 is 0 Å². The Kier molecular flexibility index (Phi) is 9.68. The van der Waals surface area contributed by atoms with Gasteiger partial charge in [-0.2, -0.15) is 0 Å². The predicted molar refractivity (Wildman–Crippen MR) is 172 cm³/mol. The van der Waals surface area contributed by atoms with Gasteiger partial charge in [0.1, 0.15) is 6.61 Å². The van der Waals surface area contributed by atoms with E-state index >= 15 is 0 Å². The summed E-state index contributed by atoms with van der Waals surface area (Å²) in [7, 11) is 0. The first kappa shape index (κ1) is 32.2. The van der Waals surface area contributed by atoms with Gasteiger partial charge in [-0.1, -0.05) is 87.7 Å². The Morgan fingerprint density at radius 3 is 1.95 bits per heavy atom. The van der Waals surface area contributed by atoms with Crippen molar-refractivity contribution >= 4 is 50.2 Å². The average molecular weight is 587 g/mol. The second-order valence-electron chi connectivity index (χ2n) is 13.4. The number of hydrogen-bond donors (Lipinski definition) is 1. The summed E-state index contributed by atoms with van der Waals surface area (Å²) >= 11 is 0. The van der Waals surface area contributed by atoms with Gasteiger partial charge in [-0.3, -0.25) is 14.4 Å². The molecule has 2 unspecified atom stereocenters. The Hall–Kier alpha value is -3.67. The third-order valence-corrected chi connectivity index (χ3v) is 9.16. The molecule has 0 fully saturated rings. The summed E-state index contributed by atoms with van der Waals surface area (Å²) in [5.41, 5.74) is -2.48. The molecule has 0 spiro atoms. The quantitative estimate of drug-likeness (QED) is 0.0849. The monoisotopic (exact) mass is 586 g/mol. The van der Waals surface area contributed by atoms with Gasteiger partial charge in [-0.25, -0.2) is 0 Å². The van der Waals surface area contributed by atoms with Gasteiger partial charge in [0.15, 0.2) is 0 Å². The van der Waals surface area contributed by atoms with Crippen molar-refractivity contribution in [2.24, 2.45) is 16.2 Å². The molecule has 0 bridgehead atoms. The van der Waals surface area contributed by atoms with Crippen LogP contribution in [0.25, 0.3) is 32.3 Å². The van der Waals surface area contributed by atoms with Crippen LogP contribution in [0.1, 0.15) is 92.1 Å². The lowest BCUT2D eigenvalue weighted by Gasteiger charge is -2.39. The highest BCUT2D eigenvalue weighted by Gasteiger charge is 2.49. The summed E-state index contributed by atoms with van der Waals surface area (Å²) in [6.45, 7) is 11.2. The molecule has 6 nitrogen and oxygen atoms in total. The molecule has 0 aliphatic carbocycles. The van der Waals surface area contributed by atoms with Gasteiger partial charge in [0.05, 0.1) is 22.9 Å². The molecule has 0 aliphatic heterocycles. The number of benzene rings is 4. The largest absolute Gasteiger partial charge is 0.481 e. The Morgan fingerprint density at radius 2 is 1.33 bits per heavy atom. The van der Waals surface area contributed by atoms with E-state index < -0.39 is 34.2 Å². The second-order valence-corrected chi connectivity index (χ2v) is 13.4. The van der Waals surface area contributed by atoms with Gasteiger partial charge in [-0.05, 0) is 91.3 Å². The SMILES string of the molecule is CCCCCCOC(=O)C(C)(CC(C)(C)C(=O)OCc1ccc2ccc3cccc4ccc1c2c34)CC(C)(CC)C(=O)O. The number of carboxylic acids is 1. The van der Waals surface area contributed by atoms with Crippen molar-refractivity contribution in [3.8, 4) is 0 Å². The van der Waals surface area contributed by atoms with Crippen LogP contribution in [0.15, 0.2) is 54.6 Å². The van der Waals surface area contributed by atoms with Crippen molar-refractivity contribution in [3.05, 3.63) is 60.2 Å². The molecule has 6 heteroatoms. The maximum absolute atomic E-state index is 13.6. The van der Waals surface area contributed by atoms with Crippen LogP contribution in [-0.4, -0.2) is 29.6 Å². The van der Waals surface area contributed by atoms with Crippen LogP contribution in [0.2, 0.25) is 0 Å². The van der Waals surface area contributed by atoms with Crippen molar-refractivity contribution < 1.29 is 29.0 Å². The summed E-state index contributed by atoms with van der Waals surface area (Å²) in [6.07, 6.45) is 4.37. The summed E-state index contributed by atoms with van der Waals surface area (Å²) in [5.74, 6) is -1.86. The topological polar surface area (TPSA) is 89.9 Å². The van der Waals surface area contributed by atoms with Gasteiger partial charge in [0.25, 0.3) is 0 Å². The van der Waals surface area contributed by atoms with Crippen LogP contribution in [0.5, 0.6) is 0 Å². The van der Waals surface area contributed by atoms with Gasteiger partial charge in [0, 0.05) is 0 Å². The van der Waals surface area contributed by atoms with E-state index in [1.54, 1.807) is 34.6 Å². The normalized spacial score (nSPS) is 14.9. The molecule has 0 aromatic heterocycles. The number of carboxylic acid groups (broad SMARTS) is 1. The predicted octanol–water partition coefficient (Wildman–Crippen LogP) is 9.06. The summed E-state index contributed by atoms with van der Waals surface area (Å²) in [6, 6.07) is 18.8. The van der Waals surface area contributed by atoms with Crippen molar-refractivity contribution in [1.82, 2.24) is 0 Å². The number of rotatable bonds is 15. The van der Waals surface area contributed by atoms with Crippen molar-refractivity contribution in [2.45, 2.75) is 93.1 Å². The third kappa shape index (κ3) is 6.79. The van der Waals surface area contributed by atoms with Crippen molar-refractivity contribution in [3.63, 3.8) is 0 Å². The fraction of sp³-hybridized carbons (Fsp3) is 0.486. The molecule has 0 saturated heterocycles. The molecule has 2 atom stereocenters. The summed E-state index contributed by atoms with van der Waals surface area (Å²) in [4.78, 5) is 39.4. The Balaban J connectivity index is 1.55. The number of hydrogen-bond acceptors (Lipinski definition) is 5. The molecule has 4 aromatic rings. The average Bonchev–Trinajstić information content (AvgIpc) is 2.98. The second kappa shape index (κ2) is 12.9. The van der Waals surface area contributed by atoms with Gasteiger partial charge < -0.3 is 14.6 Å². The van der Waals surface area contributed by atoms with Gasteiger partial charge >= 0.3 is 17.9 Å². The minimum atomic E-state index is -1.19. The zero-order chi connectivity index (χ0) is 31.4. The van der Waals surface area contributed by atoms with Gasteiger partial charge in [0.2, 0.25) is 0 Å². The number of ether oxygens (including phenoxy) is 2. The van der Waals surface area contributed by atoms with Crippen LogP contribution in [0.3, 0.4) is 0 Å². The molecule has 4 aromatic carbocycles. The molecular formula is C37H46O6. The lowest BCUT2D eigenvalue weighted by Crippen LogP contribution is -2.44. The zero-order valence-corrected chi connectivity index (χ0v) is 26.5. The minimum absolute atomic E-state index is 0.0609. The van der Waals surface area contributed by atoms with Crippen LogP contribution < -0.4 is 0 Å². The maximum atomic E-state index is 13.6. The van der Waals surface area contributed by atoms with E-state index in [0.717, 1.165) is 47.4 Å². The standard InChI is InChI=1S/C37H46O6/c1-7-9-10-11-21-42-34(41)37(6,24-36(5,8-2)32(38)39)23-35(3,4)33(40)43-22-28-18-17-27-16-15-25-13-12-14-26-19-20-29(28)31(27)30(25)26/h12-20H,7-11,21-24H2,1-6H3,(H,38,39). The van der Waals surface area contributed by atoms with E-state index in [1.165, 1.54) is 16.2 Å². The first-order valence-electron chi connectivity index (χ1n) is 15.6. The van der Waals surface area contributed by atoms with E-state index in [0.29, 0.717) is 6.42 Å². The van der Waals surface area contributed by atoms with E-state index in [-0.39, 0.29) is 26.1 Å². The number of carbonyl (C=O) groups excluding carboxylic acids is 2. The smallest absolute Gasteiger partial charge is 0.311 e. The van der Waals surface area contributed by atoms with Crippen LogP contribution in [0, 0.1) is 16.2 Å². The molecule has 4 rings (SSSR count). The molecule has 0 heterocycles. The van der Waals surface area contributed by atoms with E-state index in [4.69, 9.17) is 9.47 Å². The number of esters is 2. The fourth-order valence-corrected chi connectivity index (χ4v) is 6.60. The van der Waals surface area contributed by atoms with Crippen molar-refractivity contribution in [2.75, 3.05) is 6.61 Å². The number of aliphatic carboxylic acids is 1. The molecule has 230 valence electrons. The molecule has 0 aliphatic rings. The fourth-order valence-electron chi connectivity index (χ4n) is 6.60. The van der Waals surface area contributed by atoms with E-state index in [1.807, 2.05) is 6.07 Å². The van der Waals surface area contributed by atoms with E-state index in [2.05, 4.69) is 55.5 Å². The molecular weight excluding hydrogens is 540 g/mol. The highest BCUT2D eigenvalue weighted by molar-refractivity contribution is 6.23. The first-order valence-corrected chi connectivity index (χ1v) is 15.6. The number of carbonyl (C=O) groups is 3. The number of unbranched alkanes of at least 4 members (excludes halogenated alkanes) is 3. The Bertz CT molecular complexity index is 1590. The summed E-state index contributed by atoms with van der Waals surface area (Å²) < 4.78 is 11.6. The lowest BCUT2D eigenvalue weighted by molar-refractivity contribution is -0.167. The van der Waals surface area contributed by atoms with Gasteiger partial charge in [-0.15, -0.1) is 0 Å². The Labute approximate surface area is 255 Å². The maximum Gasteiger partial charge on any atom is 0.311 e. The molecule has 1 N–H and O–H groups in total. The molecule has 0 radical (unpaired) electrons. The first-order chi connectivity index (χ1) is 20.3. The molecule has 43 heavy (non-hydrogen) atoms. The third-order valence-electron chi connectivity index (χ3n) is 9.16. The molecule has 0 amide bonds. The van der Waals surface area contributed by atoms with E-state index in [9.17, 15) is 19.5 Å². The molecule has 0 saturated carbocycles. The van der Waals surface area contributed by atoms with Crippen LogP contribution in [-0.2, 0) is 30.5 Å². The van der Waals surface area contributed by atoms with Crippen LogP contribution in [0.4, 0.5) is 0 Å². The minimum Gasteiger partial charge on any atom is -0.481 e. The lowest BCUT2D eigenvalue weighted by atomic mass is 9.65. The highest BCUT2D eigenvalue weighted by atomic mass is 16.5. The Morgan fingerprint density at radius 1 is 0.698 bits per heavy atom. The van der Waals surface area contributed by atoms with Crippen molar-refractivity contribution in [1.29, 1.82) is 0 Å². The summed E-state index contributed by atoms with van der Waals surface area (Å²) in [5, 5.41) is 16.9. The highest BCUT2D eigenvalue weighted by Crippen LogP contribution is 2.45.